The highest BCUT2D eigenvalue weighted by molar-refractivity contribution is 5.75. The number of primary amides is 1. The zero-order valence-corrected chi connectivity index (χ0v) is 14.7. The molecule has 1 aromatic rings. The largest absolute Gasteiger partial charge is 0.390 e. The minimum Gasteiger partial charge on any atom is -0.390 e. The Balaban J connectivity index is 2.88. The van der Waals surface area contributed by atoms with E-state index in [9.17, 15) is 9.90 Å². The zero-order chi connectivity index (χ0) is 17.7. The minimum absolute atomic E-state index is 0.0416. The Morgan fingerprint density at radius 3 is 2.52 bits per heavy atom. The van der Waals surface area contributed by atoms with Crippen LogP contribution in [0.1, 0.15) is 41.0 Å². The number of hydrogen-bond acceptors (Lipinski definition) is 4. The third-order valence-electron chi connectivity index (χ3n) is 2.98. The average molecular weight is 321 g/mol. The van der Waals surface area contributed by atoms with Crippen LogP contribution >= 0.6 is 0 Å². The standard InChI is InChI=1S/C17H28N4O2/c1-16(2,3)9-15(22)21-12-6-7-13(14(8-12)20-11-18)19-10-17(4,5)23/h6-8,11,19,23H,9-10H2,1-5H3,(H2,18,20)(H,21,22)/p+1. The summed E-state index contributed by atoms with van der Waals surface area (Å²) >= 11 is 0. The summed E-state index contributed by atoms with van der Waals surface area (Å²) in [7, 11) is 0. The van der Waals surface area contributed by atoms with Crippen LogP contribution in [-0.4, -0.2) is 29.5 Å². The van der Waals surface area contributed by atoms with Gasteiger partial charge in [0.1, 0.15) is 5.69 Å². The molecule has 0 saturated carbocycles. The van der Waals surface area contributed by atoms with Crippen molar-refractivity contribution in [2.24, 2.45) is 16.1 Å². The molecule has 0 spiro atoms. The van der Waals surface area contributed by atoms with Crippen LogP contribution in [0.5, 0.6) is 0 Å². The Morgan fingerprint density at radius 1 is 1.35 bits per heavy atom. The van der Waals surface area contributed by atoms with Gasteiger partial charge in [0.15, 0.2) is 0 Å². The van der Waals surface area contributed by atoms with Gasteiger partial charge in [-0.2, -0.15) is 0 Å². The number of quaternary nitrogens is 1. The predicted molar refractivity (Wildman–Crippen MR) is 94.2 cm³/mol. The molecule has 0 bridgehead atoms. The monoisotopic (exact) mass is 321 g/mol. The normalized spacial score (nSPS) is 12.6. The molecule has 0 heterocycles. The van der Waals surface area contributed by atoms with Gasteiger partial charge < -0.3 is 16.2 Å². The van der Waals surface area contributed by atoms with Gasteiger partial charge in [0.05, 0.1) is 29.7 Å². The maximum atomic E-state index is 12.1. The van der Waals surface area contributed by atoms with E-state index in [0.717, 1.165) is 11.4 Å². The second kappa shape index (κ2) is 7.57. The molecule has 6 heteroatoms. The minimum atomic E-state index is -0.836. The van der Waals surface area contributed by atoms with Gasteiger partial charge in [-0.1, -0.05) is 20.8 Å². The number of amides is 1. The molecule has 0 atom stereocenters. The van der Waals surface area contributed by atoms with E-state index in [4.69, 9.17) is 5.73 Å². The van der Waals surface area contributed by atoms with Crippen molar-refractivity contribution in [3.05, 3.63) is 18.2 Å². The molecule has 23 heavy (non-hydrogen) atoms. The van der Waals surface area contributed by atoms with Crippen molar-refractivity contribution in [2.45, 2.75) is 46.6 Å². The molecule has 1 aromatic carbocycles. The fourth-order valence-electron chi connectivity index (χ4n) is 2.05. The molecule has 0 aliphatic rings. The van der Waals surface area contributed by atoms with Crippen molar-refractivity contribution in [3.63, 3.8) is 0 Å². The zero-order valence-electron chi connectivity index (χ0n) is 14.7. The Morgan fingerprint density at radius 2 is 2.00 bits per heavy atom. The lowest BCUT2D eigenvalue weighted by Gasteiger charge is -2.19. The second-order valence-corrected chi connectivity index (χ2v) is 7.57. The fourth-order valence-corrected chi connectivity index (χ4v) is 2.05. The summed E-state index contributed by atoms with van der Waals surface area (Å²) in [5, 5.41) is 14.6. The lowest BCUT2D eigenvalue weighted by atomic mass is 9.92. The van der Waals surface area contributed by atoms with Gasteiger partial charge in [-0.3, -0.25) is 5.32 Å². The number of rotatable bonds is 6. The number of aliphatic imine (C=N–C) groups is 1. The van der Waals surface area contributed by atoms with E-state index < -0.39 is 5.60 Å². The summed E-state index contributed by atoms with van der Waals surface area (Å²) in [6, 6.07) is 5.49. The summed E-state index contributed by atoms with van der Waals surface area (Å²) in [5.41, 5.74) is 6.70. The smallest absolute Gasteiger partial charge is 0.315 e. The van der Waals surface area contributed by atoms with E-state index in [0.29, 0.717) is 18.7 Å². The van der Waals surface area contributed by atoms with E-state index in [1.54, 1.807) is 25.2 Å². The lowest BCUT2D eigenvalue weighted by Crippen LogP contribution is -2.82. The Labute approximate surface area is 138 Å². The van der Waals surface area contributed by atoms with Crippen molar-refractivity contribution in [2.75, 3.05) is 11.9 Å². The molecule has 1 amide bonds. The average Bonchev–Trinajstić information content (AvgIpc) is 2.34. The molecular weight excluding hydrogens is 292 g/mol. The molecule has 0 aromatic heterocycles. The van der Waals surface area contributed by atoms with E-state index in [2.05, 4.69) is 10.3 Å². The molecule has 0 aliphatic heterocycles. The topological polar surface area (TPSA) is 104 Å². The molecule has 6 nitrogen and oxygen atoms in total. The first-order valence-electron chi connectivity index (χ1n) is 7.72. The van der Waals surface area contributed by atoms with Crippen molar-refractivity contribution in [1.29, 1.82) is 0 Å². The lowest BCUT2D eigenvalue weighted by molar-refractivity contribution is -0.484. The number of nitrogens with two attached hydrogens (primary N) is 2. The quantitative estimate of drug-likeness (QED) is 0.363. The summed E-state index contributed by atoms with van der Waals surface area (Å²) in [5.74, 6) is 0.0809. The summed E-state index contributed by atoms with van der Waals surface area (Å²) in [6.07, 6.45) is 1.70. The number of aliphatic hydroxyl groups is 1. The number of hydrogen-bond donors (Lipinski definition) is 4. The van der Waals surface area contributed by atoms with Crippen LogP contribution in [0.3, 0.4) is 0 Å². The van der Waals surface area contributed by atoms with Gasteiger partial charge in [-0.05, 0) is 25.3 Å². The molecule has 0 fully saturated rings. The van der Waals surface area contributed by atoms with Crippen LogP contribution in [0.15, 0.2) is 23.2 Å². The number of anilines is 1. The van der Waals surface area contributed by atoms with E-state index in [1.165, 1.54) is 6.34 Å². The summed E-state index contributed by atoms with van der Waals surface area (Å²) in [4.78, 5) is 16.2. The Kier molecular flexibility index (Phi) is 6.29. The van der Waals surface area contributed by atoms with Crippen molar-refractivity contribution in [1.82, 2.24) is 0 Å². The van der Waals surface area contributed by atoms with Gasteiger partial charge in [0.2, 0.25) is 0 Å². The van der Waals surface area contributed by atoms with Gasteiger partial charge in [0.25, 0.3) is 0 Å². The Hall–Kier alpha value is -1.92. The number of nitrogens with zero attached hydrogens (tertiary/aromatic N) is 1. The molecule has 1 rings (SSSR count). The fraction of sp³-hybridized carbons (Fsp3) is 0.529. The number of carbonyl (C=O) groups is 1. The molecule has 0 saturated heterocycles. The van der Waals surface area contributed by atoms with Gasteiger partial charge in [-0.15, -0.1) is 0 Å². The van der Waals surface area contributed by atoms with Crippen molar-refractivity contribution >= 4 is 29.3 Å². The molecule has 6 N–H and O–H groups in total. The van der Waals surface area contributed by atoms with Crippen LogP contribution < -0.4 is 16.4 Å². The van der Waals surface area contributed by atoms with Crippen LogP contribution in [-0.2, 0) is 4.79 Å². The molecule has 0 aliphatic carbocycles. The summed E-state index contributed by atoms with van der Waals surface area (Å²) < 4.78 is 0. The summed E-state index contributed by atoms with van der Waals surface area (Å²) in [6.45, 7) is 9.93. The Bertz CT molecular complexity index is 569. The molecular formula is C17H29N4O2+. The number of carbonyl (C=O) groups excluding carboxylic acids is 1. The predicted octanol–water partition coefficient (Wildman–Crippen LogP) is 1.65. The third kappa shape index (κ3) is 7.76. The molecule has 0 radical (unpaired) electrons. The first-order valence-corrected chi connectivity index (χ1v) is 7.72. The maximum absolute atomic E-state index is 12.1. The van der Waals surface area contributed by atoms with Gasteiger partial charge >= 0.3 is 5.91 Å². The van der Waals surface area contributed by atoms with Crippen molar-refractivity contribution < 1.29 is 15.2 Å². The van der Waals surface area contributed by atoms with E-state index >= 15 is 0 Å². The van der Waals surface area contributed by atoms with E-state index in [-0.39, 0.29) is 11.3 Å². The highest BCUT2D eigenvalue weighted by Crippen LogP contribution is 2.27. The molecule has 128 valence electrons. The van der Waals surface area contributed by atoms with Gasteiger partial charge in [-0.25, -0.2) is 9.79 Å². The van der Waals surface area contributed by atoms with E-state index in [1.807, 2.05) is 32.9 Å². The first-order chi connectivity index (χ1) is 10.5. The number of nitrogens with one attached hydrogen (secondary N) is 1. The number of benzene rings is 1. The van der Waals surface area contributed by atoms with Crippen molar-refractivity contribution in [3.8, 4) is 0 Å². The van der Waals surface area contributed by atoms with Crippen LogP contribution in [0.2, 0.25) is 0 Å². The molecule has 0 unspecified atom stereocenters. The first kappa shape index (κ1) is 19.1. The van der Waals surface area contributed by atoms with Crippen LogP contribution in [0, 0.1) is 5.41 Å². The van der Waals surface area contributed by atoms with Gasteiger partial charge in [0, 0.05) is 18.7 Å². The third-order valence-corrected chi connectivity index (χ3v) is 2.98. The highest BCUT2D eigenvalue weighted by atomic mass is 16.3. The second-order valence-electron chi connectivity index (χ2n) is 7.57. The van der Waals surface area contributed by atoms with Crippen LogP contribution in [0.4, 0.5) is 17.1 Å². The maximum Gasteiger partial charge on any atom is 0.315 e. The van der Waals surface area contributed by atoms with Crippen LogP contribution in [0.25, 0.3) is 0 Å². The highest BCUT2D eigenvalue weighted by Gasteiger charge is 2.20. The SMILES string of the molecule is CC(C)(C)CC(=O)[NH2+]c1ccc(NCC(C)(C)O)c(N=CN)c1.